The zero-order valence-electron chi connectivity index (χ0n) is 10.3. The normalized spacial score (nSPS) is 22.7. The lowest BCUT2D eigenvalue weighted by molar-refractivity contribution is 0.199. The largest absolute Gasteiger partial charge is 0.486 e. The van der Waals surface area contributed by atoms with Crippen LogP contribution in [-0.4, -0.2) is 31.1 Å². The second kappa shape index (κ2) is 5.02. The van der Waals surface area contributed by atoms with Crippen molar-refractivity contribution in [2.45, 2.75) is 25.5 Å². The molecule has 1 aliphatic rings. The fraction of sp³-hybridized carbons (Fsp3) is 0.538. The Balaban J connectivity index is 2.06. The average molecular weight is 238 g/mol. The van der Waals surface area contributed by atoms with Gasteiger partial charge in [0.15, 0.2) is 11.6 Å². The smallest absolute Gasteiger partial charge is 0.165 e. The quantitative estimate of drug-likeness (QED) is 0.874. The highest BCUT2D eigenvalue weighted by Gasteiger charge is 2.22. The molecule has 0 aliphatic carbocycles. The molecule has 0 amide bonds. The summed E-state index contributed by atoms with van der Waals surface area (Å²) in [6, 6.07) is 4.79. The number of rotatable bonds is 3. The Kier molecular flexibility index (Phi) is 3.64. The van der Waals surface area contributed by atoms with Gasteiger partial charge in [-0.05, 0) is 38.1 Å². The first-order valence-electron chi connectivity index (χ1n) is 5.96. The van der Waals surface area contributed by atoms with E-state index in [-0.39, 0.29) is 18.0 Å². The number of nitrogens with zero attached hydrogens (tertiary/aromatic N) is 1. The molecule has 2 atom stereocenters. The molecule has 0 saturated carbocycles. The van der Waals surface area contributed by atoms with Crippen LogP contribution in [0.4, 0.5) is 4.39 Å². The van der Waals surface area contributed by atoms with Crippen molar-refractivity contribution in [2.75, 3.05) is 20.1 Å². The van der Waals surface area contributed by atoms with Crippen LogP contribution >= 0.6 is 0 Å². The number of halogens is 1. The maximum absolute atomic E-state index is 13.8. The van der Waals surface area contributed by atoms with Gasteiger partial charge < -0.3 is 15.4 Å². The van der Waals surface area contributed by atoms with Crippen molar-refractivity contribution in [3.05, 3.63) is 29.6 Å². The molecule has 1 aliphatic heterocycles. The summed E-state index contributed by atoms with van der Waals surface area (Å²) in [6.45, 7) is 3.69. The monoisotopic (exact) mass is 238 g/mol. The predicted octanol–water partition coefficient (Wildman–Crippen LogP) is 1.93. The summed E-state index contributed by atoms with van der Waals surface area (Å²) in [5.41, 5.74) is 6.49. The Morgan fingerprint density at radius 2 is 2.29 bits per heavy atom. The van der Waals surface area contributed by atoms with E-state index in [1.807, 2.05) is 20.0 Å². The molecule has 3 nitrogen and oxygen atoms in total. The summed E-state index contributed by atoms with van der Waals surface area (Å²) < 4.78 is 19.4. The maximum Gasteiger partial charge on any atom is 0.165 e. The summed E-state index contributed by atoms with van der Waals surface area (Å²) in [7, 11) is 2.04. The minimum Gasteiger partial charge on any atom is -0.486 e. The summed E-state index contributed by atoms with van der Waals surface area (Å²) in [6.07, 6.45) is 1.04. The molecule has 2 rings (SSSR count). The van der Waals surface area contributed by atoms with E-state index >= 15 is 0 Å². The van der Waals surface area contributed by atoms with Crippen molar-refractivity contribution in [1.82, 2.24) is 4.90 Å². The van der Waals surface area contributed by atoms with Crippen molar-refractivity contribution < 1.29 is 9.13 Å². The first-order chi connectivity index (χ1) is 8.06. The lowest BCUT2D eigenvalue weighted by Gasteiger charge is -2.15. The first kappa shape index (κ1) is 12.3. The van der Waals surface area contributed by atoms with Gasteiger partial charge in [-0.2, -0.15) is 0 Å². The molecule has 1 aromatic carbocycles. The minimum atomic E-state index is -0.325. The SMILES string of the molecule is C[C@@H](N)c1ccc(OC2CCN(C)C2)c(F)c1. The van der Waals surface area contributed by atoms with Gasteiger partial charge >= 0.3 is 0 Å². The van der Waals surface area contributed by atoms with E-state index in [0.717, 1.165) is 25.1 Å². The number of likely N-dealkylation sites (tertiary alicyclic amines) is 1. The molecule has 4 heteroatoms. The molecule has 1 heterocycles. The Bertz CT molecular complexity index is 395. The van der Waals surface area contributed by atoms with E-state index in [4.69, 9.17) is 10.5 Å². The maximum atomic E-state index is 13.8. The van der Waals surface area contributed by atoms with Gasteiger partial charge in [-0.1, -0.05) is 6.07 Å². The highest BCUT2D eigenvalue weighted by molar-refractivity contribution is 5.31. The van der Waals surface area contributed by atoms with Crippen molar-refractivity contribution in [1.29, 1.82) is 0 Å². The van der Waals surface area contributed by atoms with Gasteiger partial charge in [0.25, 0.3) is 0 Å². The minimum absolute atomic E-state index is 0.0932. The molecule has 0 spiro atoms. The van der Waals surface area contributed by atoms with Crippen molar-refractivity contribution in [3.8, 4) is 5.75 Å². The highest BCUT2D eigenvalue weighted by atomic mass is 19.1. The lowest BCUT2D eigenvalue weighted by Crippen LogP contribution is -2.21. The van der Waals surface area contributed by atoms with Gasteiger partial charge in [-0.3, -0.25) is 0 Å². The number of hydrogen-bond acceptors (Lipinski definition) is 3. The lowest BCUT2D eigenvalue weighted by atomic mass is 10.1. The van der Waals surface area contributed by atoms with Gasteiger partial charge in [0, 0.05) is 19.1 Å². The number of benzene rings is 1. The van der Waals surface area contributed by atoms with Crippen LogP contribution in [0.15, 0.2) is 18.2 Å². The van der Waals surface area contributed by atoms with Crippen LogP contribution in [0.5, 0.6) is 5.75 Å². The van der Waals surface area contributed by atoms with E-state index in [2.05, 4.69) is 4.90 Å². The third kappa shape index (κ3) is 2.96. The van der Waals surface area contributed by atoms with Crippen LogP contribution in [0.3, 0.4) is 0 Å². The van der Waals surface area contributed by atoms with E-state index in [0.29, 0.717) is 5.75 Å². The van der Waals surface area contributed by atoms with E-state index in [1.165, 1.54) is 6.07 Å². The van der Waals surface area contributed by atoms with Crippen molar-refractivity contribution >= 4 is 0 Å². The van der Waals surface area contributed by atoms with Gasteiger partial charge in [-0.15, -0.1) is 0 Å². The fourth-order valence-corrected chi connectivity index (χ4v) is 2.07. The average Bonchev–Trinajstić information content (AvgIpc) is 2.67. The van der Waals surface area contributed by atoms with Crippen molar-refractivity contribution in [3.63, 3.8) is 0 Å². The standard InChI is InChI=1S/C13H19FN2O/c1-9(15)10-3-4-13(12(14)7-10)17-11-5-6-16(2)8-11/h3-4,7,9,11H,5-6,8,15H2,1-2H3/t9-,11?/m1/s1. The van der Waals surface area contributed by atoms with E-state index in [1.54, 1.807) is 6.07 Å². The Labute approximate surface area is 101 Å². The van der Waals surface area contributed by atoms with Gasteiger partial charge in [0.05, 0.1) is 0 Å². The molecule has 0 bridgehead atoms. The van der Waals surface area contributed by atoms with Crippen LogP contribution in [0.25, 0.3) is 0 Å². The van der Waals surface area contributed by atoms with Gasteiger partial charge in [0.1, 0.15) is 6.10 Å². The van der Waals surface area contributed by atoms with Gasteiger partial charge in [0.2, 0.25) is 0 Å². The molecule has 17 heavy (non-hydrogen) atoms. The Morgan fingerprint density at radius 1 is 1.53 bits per heavy atom. The van der Waals surface area contributed by atoms with Crippen LogP contribution in [0, 0.1) is 5.82 Å². The van der Waals surface area contributed by atoms with Crippen LogP contribution in [-0.2, 0) is 0 Å². The van der Waals surface area contributed by atoms with E-state index in [9.17, 15) is 4.39 Å². The molecule has 1 unspecified atom stereocenters. The third-order valence-electron chi connectivity index (χ3n) is 3.12. The summed E-state index contributed by atoms with van der Waals surface area (Å²) in [5.74, 6) is 0.00375. The second-order valence-corrected chi connectivity index (χ2v) is 4.77. The van der Waals surface area contributed by atoms with Crippen LogP contribution < -0.4 is 10.5 Å². The van der Waals surface area contributed by atoms with Crippen molar-refractivity contribution in [2.24, 2.45) is 5.73 Å². The Hall–Kier alpha value is -1.13. The molecule has 2 N–H and O–H groups in total. The molecule has 0 radical (unpaired) electrons. The molecule has 1 aromatic rings. The molecular weight excluding hydrogens is 219 g/mol. The number of likely N-dealkylation sites (N-methyl/N-ethyl adjacent to an activating group) is 1. The topological polar surface area (TPSA) is 38.5 Å². The van der Waals surface area contributed by atoms with E-state index < -0.39 is 0 Å². The summed E-state index contributed by atoms with van der Waals surface area (Å²) in [5, 5.41) is 0. The zero-order valence-corrected chi connectivity index (χ0v) is 10.3. The van der Waals surface area contributed by atoms with Crippen LogP contribution in [0.2, 0.25) is 0 Å². The number of hydrogen-bond donors (Lipinski definition) is 1. The summed E-state index contributed by atoms with van der Waals surface area (Å²) in [4.78, 5) is 2.18. The first-order valence-corrected chi connectivity index (χ1v) is 5.96. The second-order valence-electron chi connectivity index (χ2n) is 4.77. The highest BCUT2D eigenvalue weighted by Crippen LogP contribution is 2.24. The third-order valence-corrected chi connectivity index (χ3v) is 3.12. The Morgan fingerprint density at radius 3 is 2.82 bits per heavy atom. The van der Waals surface area contributed by atoms with Gasteiger partial charge in [-0.25, -0.2) is 4.39 Å². The predicted molar refractivity (Wildman–Crippen MR) is 65.5 cm³/mol. The molecule has 1 fully saturated rings. The molecular formula is C13H19FN2O. The number of ether oxygens (including phenoxy) is 1. The van der Waals surface area contributed by atoms with Crippen LogP contribution in [0.1, 0.15) is 24.9 Å². The molecule has 1 saturated heterocycles. The zero-order chi connectivity index (χ0) is 12.4. The number of nitrogens with two attached hydrogens (primary N) is 1. The summed E-state index contributed by atoms with van der Waals surface area (Å²) >= 11 is 0. The molecule has 94 valence electrons. The molecule has 0 aromatic heterocycles. The fourth-order valence-electron chi connectivity index (χ4n) is 2.07.